The number of ether oxygens (including phenoxy) is 1. The van der Waals surface area contributed by atoms with E-state index in [0.29, 0.717) is 5.92 Å². The van der Waals surface area contributed by atoms with Crippen LogP contribution in [0, 0.1) is 5.92 Å². The Morgan fingerprint density at radius 1 is 1.44 bits per heavy atom. The minimum absolute atomic E-state index is 0.0458. The molecule has 5 heteroatoms. The first-order valence-electron chi connectivity index (χ1n) is 6.03. The van der Waals surface area contributed by atoms with Crippen molar-refractivity contribution in [3.05, 3.63) is 0 Å². The highest BCUT2D eigenvalue weighted by Crippen LogP contribution is 2.09. The number of hydrogen-bond donors (Lipinski definition) is 2. The molecular weight excluding hydrogens is 206 g/mol. The van der Waals surface area contributed by atoms with Gasteiger partial charge >= 0.3 is 6.09 Å². The summed E-state index contributed by atoms with van der Waals surface area (Å²) in [4.78, 5) is 11.2. The van der Waals surface area contributed by atoms with Crippen LogP contribution in [0.25, 0.3) is 0 Å². The number of hydrogen-bond acceptors (Lipinski definition) is 4. The van der Waals surface area contributed by atoms with E-state index >= 15 is 0 Å². The van der Waals surface area contributed by atoms with Gasteiger partial charge in [-0.1, -0.05) is 20.3 Å². The Morgan fingerprint density at radius 2 is 2.06 bits per heavy atom. The van der Waals surface area contributed by atoms with Crippen molar-refractivity contribution in [3.8, 4) is 0 Å². The maximum Gasteiger partial charge on any atom is 0.408 e. The summed E-state index contributed by atoms with van der Waals surface area (Å²) in [5, 5.41) is 5.00. The van der Waals surface area contributed by atoms with Crippen LogP contribution in [0.3, 0.4) is 0 Å². The first kappa shape index (κ1) is 13.3. The maximum atomic E-state index is 11.2. The van der Waals surface area contributed by atoms with Gasteiger partial charge in [-0.2, -0.15) is 0 Å². The van der Waals surface area contributed by atoms with E-state index in [-0.39, 0.29) is 12.3 Å². The summed E-state index contributed by atoms with van der Waals surface area (Å²) in [5.41, 5.74) is 3.35. The zero-order chi connectivity index (χ0) is 12.0. The van der Waals surface area contributed by atoms with E-state index < -0.39 is 0 Å². The van der Waals surface area contributed by atoms with E-state index in [1.807, 2.05) is 0 Å². The number of nitrogens with zero attached hydrogens (tertiary/aromatic N) is 1. The molecule has 1 aliphatic rings. The first-order valence-corrected chi connectivity index (χ1v) is 6.03. The SMILES string of the molecule is CCC(C)C(NC(=O)OC)NN1CCCC1. The van der Waals surface area contributed by atoms with Crippen molar-refractivity contribution >= 4 is 6.09 Å². The van der Waals surface area contributed by atoms with E-state index in [2.05, 4.69) is 34.3 Å². The molecule has 1 saturated heterocycles. The Kier molecular flexibility index (Phi) is 5.55. The molecule has 2 atom stereocenters. The van der Waals surface area contributed by atoms with Crippen LogP contribution in [0.2, 0.25) is 0 Å². The Hall–Kier alpha value is -0.810. The average Bonchev–Trinajstić information content (AvgIpc) is 2.79. The molecule has 0 spiro atoms. The monoisotopic (exact) mass is 229 g/mol. The molecular formula is C11H23N3O2. The lowest BCUT2D eigenvalue weighted by Gasteiger charge is -2.29. The third-order valence-electron chi connectivity index (χ3n) is 3.10. The fraction of sp³-hybridized carbons (Fsp3) is 0.909. The smallest absolute Gasteiger partial charge is 0.408 e. The number of amides is 1. The summed E-state index contributed by atoms with van der Waals surface area (Å²) in [5.74, 6) is 0.375. The molecule has 1 aliphatic heterocycles. The van der Waals surface area contributed by atoms with Gasteiger partial charge in [0.2, 0.25) is 0 Å². The van der Waals surface area contributed by atoms with Gasteiger partial charge in [-0.25, -0.2) is 15.2 Å². The molecule has 1 rings (SSSR count). The molecule has 1 fully saturated rings. The van der Waals surface area contributed by atoms with E-state index in [1.54, 1.807) is 0 Å². The van der Waals surface area contributed by atoms with E-state index in [9.17, 15) is 4.79 Å². The fourth-order valence-corrected chi connectivity index (χ4v) is 1.77. The van der Waals surface area contributed by atoms with Gasteiger partial charge in [0.05, 0.1) is 13.3 Å². The molecule has 0 bridgehead atoms. The van der Waals surface area contributed by atoms with Crippen molar-refractivity contribution in [1.29, 1.82) is 0 Å². The summed E-state index contributed by atoms with van der Waals surface area (Å²) < 4.78 is 4.63. The topological polar surface area (TPSA) is 53.6 Å². The van der Waals surface area contributed by atoms with E-state index in [1.165, 1.54) is 20.0 Å². The van der Waals surface area contributed by atoms with Crippen LogP contribution < -0.4 is 10.7 Å². The van der Waals surface area contributed by atoms with Crippen LogP contribution in [-0.2, 0) is 4.74 Å². The highest BCUT2D eigenvalue weighted by molar-refractivity contribution is 5.67. The molecule has 0 aromatic heterocycles. The van der Waals surface area contributed by atoms with Crippen molar-refractivity contribution in [2.24, 2.45) is 5.92 Å². The molecule has 0 aromatic carbocycles. The Labute approximate surface area is 97.5 Å². The second-order valence-electron chi connectivity index (χ2n) is 4.32. The van der Waals surface area contributed by atoms with Crippen molar-refractivity contribution in [2.75, 3.05) is 20.2 Å². The minimum Gasteiger partial charge on any atom is -0.453 e. The van der Waals surface area contributed by atoms with Crippen molar-refractivity contribution in [3.63, 3.8) is 0 Å². The predicted octanol–water partition coefficient (Wildman–Crippen LogP) is 1.31. The Bertz CT molecular complexity index is 217. The van der Waals surface area contributed by atoms with Gasteiger partial charge < -0.3 is 10.1 Å². The summed E-state index contributed by atoms with van der Waals surface area (Å²) in [6, 6.07) is 0. The van der Waals surface area contributed by atoms with Crippen molar-refractivity contribution in [1.82, 2.24) is 15.8 Å². The summed E-state index contributed by atoms with van der Waals surface area (Å²) in [7, 11) is 1.39. The number of alkyl carbamates (subject to hydrolysis) is 1. The number of nitrogens with one attached hydrogen (secondary N) is 2. The normalized spacial score (nSPS) is 20.4. The van der Waals surface area contributed by atoms with E-state index in [0.717, 1.165) is 19.5 Å². The van der Waals surface area contributed by atoms with Crippen LogP contribution in [0.15, 0.2) is 0 Å². The highest BCUT2D eigenvalue weighted by Gasteiger charge is 2.22. The van der Waals surface area contributed by atoms with Crippen LogP contribution >= 0.6 is 0 Å². The van der Waals surface area contributed by atoms with Crippen LogP contribution in [0.1, 0.15) is 33.1 Å². The standard InChI is InChI=1S/C11H23N3O2/c1-4-9(2)10(12-11(15)16-3)13-14-7-5-6-8-14/h9-10,13H,4-8H2,1-3H3,(H,12,15). The van der Waals surface area contributed by atoms with Gasteiger partial charge in [-0.15, -0.1) is 0 Å². The Balaban J connectivity index is 2.45. The van der Waals surface area contributed by atoms with Gasteiger partial charge in [-0.05, 0) is 18.8 Å². The van der Waals surface area contributed by atoms with Gasteiger partial charge in [0.25, 0.3) is 0 Å². The molecule has 0 radical (unpaired) electrons. The molecule has 2 N–H and O–H groups in total. The van der Waals surface area contributed by atoms with Crippen LogP contribution in [0.4, 0.5) is 4.79 Å². The number of carbonyl (C=O) groups excluding carboxylic acids is 1. The quantitative estimate of drug-likeness (QED) is 0.698. The molecule has 5 nitrogen and oxygen atoms in total. The summed E-state index contributed by atoms with van der Waals surface area (Å²) in [6.07, 6.45) is 3.03. The highest BCUT2D eigenvalue weighted by atomic mass is 16.5. The zero-order valence-corrected chi connectivity index (χ0v) is 10.5. The lowest BCUT2D eigenvalue weighted by atomic mass is 10.1. The van der Waals surface area contributed by atoms with Gasteiger partial charge in [0, 0.05) is 13.1 Å². The maximum absolute atomic E-state index is 11.2. The fourth-order valence-electron chi connectivity index (χ4n) is 1.77. The van der Waals surface area contributed by atoms with Crippen LogP contribution in [0.5, 0.6) is 0 Å². The minimum atomic E-state index is -0.378. The van der Waals surface area contributed by atoms with E-state index in [4.69, 9.17) is 0 Å². The largest absolute Gasteiger partial charge is 0.453 e. The van der Waals surface area contributed by atoms with Crippen molar-refractivity contribution in [2.45, 2.75) is 39.3 Å². The van der Waals surface area contributed by atoms with Crippen LogP contribution in [-0.4, -0.2) is 37.5 Å². The second kappa shape index (κ2) is 6.70. The third-order valence-corrected chi connectivity index (χ3v) is 3.10. The first-order chi connectivity index (χ1) is 7.67. The Morgan fingerprint density at radius 3 is 2.56 bits per heavy atom. The lowest BCUT2D eigenvalue weighted by Crippen LogP contribution is -2.55. The van der Waals surface area contributed by atoms with Crippen molar-refractivity contribution < 1.29 is 9.53 Å². The molecule has 2 unspecified atom stereocenters. The molecule has 0 aliphatic carbocycles. The molecule has 1 heterocycles. The average molecular weight is 229 g/mol. The number of carbonyl (C=O) groups is 1. The molecule has 16 heavy (non-hydrogen) atoms. The lowest BCUT2D eigenvalue weighted by molar-refractivity contribution is 0.121. The molecule has 0 aromatic rings. The molecule has 1 amide bonds. The number of rotatable bonds is 5. The molecule has 0 saturated carbocycles. The zero-order valence-electron chi connectivity index (χ0n) is 10.5. The second-order valence-corrected chi connectivity index (χ2v) is 4.32. The third kappa shape index (κ3) is 3.98. The van der Waals surface area contributed by atoms with Gasteiger partial charge in [-0.3, -0.25) is 0 Å². The molecule has 94 valence electrons. The number of methoxy groups -OCH3 is 1. The number of hydrazine groups is 1. The van der Waals surface area contributed by atoms with Gasteiger partial charge in [0.15, 0.2) is 0 Å². The summed E-state index contributed by atoms with van der Waals surface area (Å²) >= 11 is 0. The van der Waals surface area contributed by atoms with Gasteiger partial charge in [0.1, 0.15) is 0 Å². The predicted molar refractivity (Wildman–Crippen MR) is 62.7 cm³/mol. The summed E-state index contributed by atoms with van der Waals surface area (Å²) in [6.45, 7) is 6.33.